The van der Waals surface area contributed by atoms with Gasteiger partial charge in [-0.05, 0) is 72.3 Å². The summed E-state index contributed by atoms with van der Waals surface area (Å²) in [6.07, 6.45) is -2.98. The van der Waals surface area contributed by atoms with Crippen LogP contribution in [-0.2, 0) is 30.0 Å². The maximum absolute atomic E-state index is 13.6. The van der Waals surface area contributed by atoms with Crippen LogP contribution in [-0.4, -0.2) is 92.5 Å². The molecule has 0 spiro atoms. The summed E-state index contributed by atoms with van der Waals surface area (Å²) in [6, 6.07) is 12.6. The number of amides is 3. The summed E-state index contributed by atoms with van der Waals surface area (Å²) in [7, 11) is 1.28. The van der Waals surface area contributed by atoms with E-state index in [1.165, 1.54) is 43.5 Å². The summed E-state index contributed by atoms with van der Waals surface area (Å²) in [5.74, 6) is -2.34. The van der Waals surface area contributed by atoms with Gasteiger partial charge in [-0.25, -0.2) is 0 Å². The number of methoxy groups -OCH3 is 1. The normalized spacial score (nSPS) is 15.6. The van der Waals surface area contributed by atoms with Gasteiger partial charge in [0, 0.05) is 25.2 Å². The van der Waals surface area contributed by atoms with Crippen molar-refractivity contribution in [3.63, 3.8) is 0 Å². The lowest BCUT2D eigenvalue weighted by Gasteiger charge is -2.27. The van der Waals surface area contributed by atoms with Crippen LogP contribution in [0, 0.1) is 11.3 Å². The number of halogens is 3. The van der Waals surface area contributed by atoms with Crippen molar-refractivity contribution in [3.05, 3.63) is 87.3 Å². The molecule has 3 amide bonds. The molecule has 18 heteroatoms. The largest absolute Gasteiger partial charge is 0.493 e. The van der Waals surface area contributed by atoms with Crippen LogP contribution in [0.2, 0.25) is 0 Å². The Morgan fingerprint density at radius 3 is 2.39 bits per heavy atom. The number of benzene rings is 3. The first-order valence-corrected chi connectivity index (χ1v) is 18.2. The molecule has 1 aliphatic heterocycles. The van der Waals surface area contributed by atoms with Gasteiger partial charge in [-0.2, -0.15) is 18.4 Å². The molecule has 57 heavy (non-hydrogen) atoms. The molecule has 0 bridgehead atoms. The first-order valence-electron chi connectivity index (χ1n) is 17.4. The molecule has 298 valence electrons. The molecule has 1 atom stereocenters. The maximum Gasteiger partial charge on any atom is 0.420 e. The highest BCUT2D eigenvalue weighted by molar-refractivity contribution is 8.17. The number of carbonyl (C=O) groups excluding carboxylic acids is 6. The second kappa shape index (κ2) is 19.2. The molecule has 1 heterocycles. The van der Waals surface area contributed by atoms with Gasteiger partial charge in [0.1, 0.15) is 11.5 Å². The minimum Gasteiger partial charge on any atom is -0.493 e. The van der Waals surface area contributed by atoms with Crippen molar-refractivity contribution in [3.8, 4) is 23.3 Å². The predicted octanol–water partition coefficient (Wildman–Crippen LogP) is 5.79. The Bertz CT molecular complexity index is 2140. The van der Waals surface area contributed by atoms with Gasteiger partial charge in [-0.15, -0.1) is 0 Å². The van der Waals surface area contributed by atoms with Gasteiger partial charge in [0.05, 0.1) is 79.2 Å². The van der Waals surface area contributed by atoms with E-state index in [-0.39, 0.29) is 91.1 Å². The Labute approximate surface area is 328 Å². The van der Waals surface area contributed by atoms with Gasteiger partial charge in [-0.1, -0.05) is 12.1 Å². The quantitative estimate of drug-likeness (QED) is 0.0548. The van der Waals surface area contributed by atoms with E-state index in [9.17, 15) is 41.9 Å². The van der Waals surface area contributed by atoms with E-state index in [1.54, 1.807) is 18.2 Å². The van der Waals surface area contributed by atoms with Gasteiger partial charge < -0.3 is 29.6 Å². The van der Waals surface area contributed by atoms with Crippen LogP contribution in [0.3, 0.4) is 0 Å². The fourth-order valence-corrected chi connectivity index (χ4v) is 6.58. The number of Topliss-reactive ketones (excluding diaryl/α,β-unsaturated/α-hetero) is 2. The molecule has 1 saturated carbocycles. The van der Waals surface area contributed by atoms with E-state index in [1.807, 2.05) is 0 Å². The zero-order valence-corrected chi connectivity index (χ0v) is 31.1. The monoisotopic (exact) mass is 808 g/mol. The second-order valence-electron chi connectivity index (χ2n) is 12.4. The van der Waals surface area contributed by atoms with Crippen LogP contribution in [0.25, 0.3) is 6.08 Å². The van der Waals surface area contributed by atoms with E-state index in [4.69, 9.17) is 24.2 Å². The average molecular weight is 809 g/mol. The molecular formula is C39H35F3N4O10S. The first kappa shape index (κ1) is 42.1. The highest BCUT2D eigenvalue weighted by Crippen LogP contribution is 2.41. The van der Waals surface area contributed by atoms with Crippen LogP contribution in [0.15, 0.2) is 59.5 Å². The van der Waals surface area contributed by atoms with Crippen LogP contribution in [0.4, 0.5) is 23.7 Å². The second-order valence-corrected chi connectivity index (χ2v) is 13.5. The van der Waals surface area contributed by atoms with Crippen molar-refractivity contribution in [2.24, 2.45) is 0 Å². The van der Waals surface area contributed by atoms with E-state index in [2.05, 4.69) is 10.6 Å². The number of hydrogen-bond donors (Lipinski definition) is 2. The number of nitriles is 1. The minimum atomic E-state index is -4.79. The number of nitrogens with one attached hydrogen (secondary N) is 2. The van der Waals surface area contributed by atoms with Crippen molar-refractivity contribution in [2.45, 2.75) is 31.5 Å². The molecule has 5 rings (SSSR count). The zero-order valence-electron chi connectivity index (χ0n) is 30.3. The van der Waals surface area contributed by atoms with E-state index in [0.717, 1.165) is 11.0 Å². The summed E-state index contributed by atoms with van der Waals surface area (Å²) in [6.45, 7) is 1.21. The van der Waals surface area contributed by atoms with E-state index < -0.39 is 46.4 Å². The van der Waals surface area contributed by atoms with Gasteiger partial charge in [-0.3, -0.25) is 33.7 Å². The van der Waals surface area contributed by atoms with Crippen molar-refractivity contribution in [1.82, 2.24) is 10.2 Å². The number of ketones is 2. The van der Waals surface area contributed by atoms with Crippen LogP contribution in [0.5, 0.6) is 17.2 Å². The summed E-state index contributed by atoms with van der Waals surface area (Å²) in [5.41, 5.74) is -0.164. The summed E-state index contributed by atoms with van der Waals surface area (Å²) < 4.78 is 62.6. The highest BCUT2D eigenvalue weighted by Gasteiger charge is 2.45. The van der Waals surface area contributed by atoms with Crippen molar-refractivity contribution < 1.29 is 60.9 Å². The highest BCUT2D eigenvalue weighted by atomic mass is 32.2. The molecule has 0 aromatic heterocycles. The number of thioether (sulfide) groups is 1. The lowest BCUT2D eigenvalue weighted by molar-refractivity contribution is -0.138. The molecule has 3 aromatic carbocycles. The Balaban J connectivity index is 1.01. The smallest absolute Gasteiger partial charge is 0.420 e. The number of ether oxygens (including phenoxy) is 4. The number of hydrogen-bond acceptors (Lipinski definition) is 13. The Kier molecular flexibility index (Phi) is 14.2. The predicted molar refractivity (Wildman–Crippen MR) is 199 cm³/mol. The van der Waals surface area contributed by atoms with Crippen molar-refractivity contribution in [1.29, 1.82) is 5.26 Å². The Hall–Kier alpha value is -6.03. The molecule has 0 saturated heterocycles. The number of carbonyl (C=O) groups is 6. The number of fused-ring (bicyclic) bond motifs is 1. The number of rotatable bonds is 17. The maximum atomic E-state index is 13.6. The number of imide groups is 1. The summed E-state index contributed by atoms with van der Waals surface area (Å²) in [5, 5.41) is 14.1. The average Bonchev–Trinajstić information content (AvgIpc) is 3.44. The number of allylic oxidation sites excluding steroid dienone is 1. The fraction of sp³-hybridized carbons (Fsp3) is 0.308. The Morgan fingerprint density at radius 2 is 1.70 bits per heavy atom. The summed E-state index contributed by atoms with van der Waals surface area (Å²) >= 11 is 0.621. The third-order valence-electron chi connectivity index (χ3n) is 8.60. The van der Waals surface area contributed by atoms with Crippen molar-refractivity contribution >= 4 is 58.4 Å². The van der Waals surface area contributed by atoms with E-state index >= 15 is 0 Å². The van der Waals surface area contributed by atoms with E-state index in [0.29, 0.717) is 41.9 Å². The van der Waals surface area contributed by atoms with Crippen molar-refractivity contribution in [2.75, 3.05) is 51.9 Å². The number of nitrogens with zero attached hydrogens (tertiary/aromatic N) is 2. The Morgan fingerprint density at radius 1 is 0.965 bits per heavy atom. The molecule has 2 aliphatic rings. The summed E-state index contributed by atoms with van der Waals surface area (Å²) in [4.78, 5) is 75.4. The van der Waals surface area contributed by atoms with Crippen LogP contribution >= 0.6 is 11.8 Å². The van der Waals surface area contributed by atoms with Crippen LogP contribution < -0.4 is 20.1 Å². The number of anilines is 1. The molecule has 2 N–H and O–H groups in total. The van der Waals surface area contributed by atoms with Gasteiger partial charge in [0.25, 0.3) is 17.1 Å². The minimum absolute atomic E-state index is 0.0309. The van der Waals surface area contributed by atoms with Crippen LogP contribution in [0.1, 0.15) is 56.7 Å². The molecule has 3 aromatic rings. The molecule has 14 nitrogen and oxygen atoms in total. The number of aldehydes is 1. The van der Waals surface area contributed by atoms with Gasteiger partial charge in [0.2, 0.25) is 0 Å². The standard InChI is InChI=1S/C39H35F3N4O10S/c1-53-34-19-23(5-10-33(34)56-32-9-6-24(21-43)18-28(32)39(40,41)42)17-26(22-47)57-38(52)45-12-14-55-16-15-54-13-11-44-29-4-2-3-27-35(29)37(51)46(36(27)50)30-8-7-25(48)20-31(30)49/h2-6,9-10,17-19,22,30,44H,7-8,11-16,20H2,1H3,(H,45,52)/b26-17-. The van der Waals surface area contributed by atoms with Gasteiger partial charge >= 0.3 is 6.18 Å². The lowest BCUT2D eigenvalue weighted by Crippen LogP contribution is -2.47. The third kappa shape index (κ3) is 10.6. The number of alkyl halides is 3. The molecule has 1 unspecified atom stereocenters. The molecule has 1 fully saturated rings. The topological polar surface area (TPSA) is 190 Å². The lowest BCUT2D eigenvalue weighted by atomic mass is 9.92. The fourth-order valence-electron chi connectivity index (χ4n) is 5.95. The zero-order chi connectivity index (χ0) is 41.1. The van der Waals surface area contributed by atoms with Gasteiger partial charge in [0.15, 0.2) is 23.6 Å². The first-order chi connectivity index (χ1) is 27.3. The molecular weight excluding hydrogens is 774 g/mol. The SMILES string of the molecule is COc1cc(/C=C(/C=O)SC(=O)NCCOCCOCCNc2cccc3c2C(=O)N(C2CCC(=O)CC2=O)C3=O)ccc1Oc1ccc(C#N)cc1C(F)(F)F. The molecule has 0 radical (unpaired) electrons. The third-order valence-corrected chi connectivity index (χ3v) is 9.38. The molecule has 1 aliphatic carbocycles.